The van der Waals surface area contributed by atoms with Gasteiger partial charge in [0.15, 0.2) is 0 Å². The van der Waals surface area contributed by atoms with Crippen LogP contribution in [-0.2, 0) is 0 Å². The molecule has 1 amide bonds. The number of aliphatic hydroxyl groups excluding tert-OH is 2. The third-order valence-electron chi connectivity index (χ3n) is 3.96. The Balaban J connectivity index is 1.88. The van der Waals surface area contributed by atoms with Gasteiger partial charge >= 0.3 is 0 Å². The Morgan fingerprint density at radius 2 is 2.18 bits per heavy atom. The van der Waals surface area contributed by atoms with Gasteiger partial charge < -0.3 is 20.4 Å². The fourth-order valence-corrected chi connectivity index (χ4v) is 2.73. The highest BCUT2D eigenvalue weighted by Gasteiger charge is 2.23. The van der Waals surface area contributed by atoms with Crippen LogP contribution in [0.2, 0.25) is 0 Å². The maximum Gasteiger partial charge on any atom is 0.254 e. The molecular weight excluding hydrogens is 280 g/mol. The summed E-state index contributed by atoms with van der Waals surface area (Å²) in [5, 5.41) is 21.7. The summed E-state index contributed by atoms with van der Waals surface area (Å²) in [5.41, 5.74) is 1.60. The number of unbranched alkanes of at least 4 members (excludes halogenated alkanes) is 2. The summed E-state index contributed by atoms with van der Waals surface area (Å²) in [7, 11) is 0. The molecule has 1 unspecified atom stereocenters. The zero-order valence-corrected chi connectivity index (χ0v) is 13.0. The Morgan fingerprint density at radius 3 is 2.95 bits per heavy atom. The van der Waals surface area contributed by atoms with E-state index in [1.165, 1.54) is 0 Å². The van der Waals surface area contributed by atoms with E-state index in [0.29, 0.717) is 18.7 Å². The highest BCUT2D eigenvalue weighted by atomic mass is 16.3. The molecule has 3 N–H and O–H groups in total. The molecule has 1 heterocycles. The number of anilines is 1. The lowest BCUT2D eigenvalue weighted by atomic mass is 10.1. The van der Waals surface area contributed by atoms with Crippen molar-refractivity contribution in [3.63, 3.8) is 0 Å². The minimum atomic E-state index is -0.398. The first kappa shape index (κ1) is 16.8. The number of piperidine rings is 1. The number of likely N-dealkylation sites (tertiary alicyclic amines) is 1. The third-order valence-corrected chi connectivity index (χ3v) is 3.96. The highest BCUT2D eigenvalue weighted by Crippen LogP contribution is 2.17. The molecule has 1 fully saturated rings. The van der Waals surface area contributed by atoms with Crippen LogP contribution in [0.4, 0.5) is 5.69 Å². The molecule has 0 aliphatic carbocycles. The standard InChI is InChI=1S/C17H26N2O3/c20-11-3-1-2-9-18-15-7-4-6-14(12-15)17(22)19-10-5-8-16(21)13-19/h4,6-7,12,16,18,20-21H,1-3,5,8-11,13H2. The molecule has 2 rings (SSSR count). The third kappa shape index (κ3) is 5.00. The van der Waals surface area contributed by atoms with Crippen molar-refractivity contribution in [2.45, 2.75) is 38.2 Å². The second-order valence-corrected chi connectivity index (χ2v) is 5.84. The van der Waals surface area contributed by atoms with Crippen LogP contribution in [0.1, 0.15) is 42.5 Å². The average Bonchev–Trinajstić information content (AvgIpc) is 2.54. The molecule has 22 heavy (non-hydrogen) atoms. The van der Waals surface area contributed by atoms with Crippen LogP contribution in [0.25, 0.3) is 0 Å². The molecule has 5 heteroatoms. The van der Waals surface area contributed by atoms with Gasteiger partial charge in [-0.15, -0.1) is 0 Å². The van der Waals surface area contributed by atoms with Crippen molar-refractivity contribution in [3.05, 3.63) is 29.8 Å². The second kappa shape index (κ2) is 8.76. The second-order valence-electron chi connectivity index (χ2n) is 5.84. The molecule has 0 bridgehead atoms. The smallest absolute Gasteiger partial charge is 0.254 e. The van der Waals surface area contributed by atoms with E-state index in [0.717, 1.165) is 44.3 Å². The van der Waals surface area contributed by atoms with Crippen LogP contribution in [0.15, 0.2) is 24.3 Å². The Bertz CT molecular complexity index is 479. The number of rotatable bonds is 7. The van der Waals surface area contributed by atoms with Gasteiger partial charge in [0, 0.05) is 37.5 Å². The number of amides is 1. The minimum Gasteiger partial charge on any atom is -0.396 e. The van der Waals surface area contributed by atoms with Gasteiger partial charge in [-0.25, -0.2) is 0 Å². The van der Waals surface area contributed by atoms with Crippen LogP contribution in [-0.4, -0.2) is 53.4 Å². The minimum absolute atomic E-state index is 0.0114. The summed E-state index contributed by atoms with van der Waals surface area (Å²) in [6.45, 7) is 2.22. The summed E-state index contributed by atoms with van der Waals surface area (Å²) >= 11 is 0. The summed E-state index contributed by atoms with van der Waals surface area (Å²) in [4.78, 5) is 14.2. The predicted molar refractivity (Wildman–Crippen MR) is 87.0 cm³/mol. The first-order valence-corrected chi connectivity index (χ1v) is 8.13. The van der Waals surface area contributed by atoms with E-state index < -0.39 is 6.10 Å². The molecule has 1 aliphatic rings. The summed E-state index contributed by atoms with van der Waals surface area (Å²) in [5.74, 6) is -0.0114. The lowest BCUT2D eigenvalue weighted by Crippen LogP contribution is -2.42. The van der Waals surface area contributed by atoms with Crippen molar-refractivity contribution in [1.82, 2.24) is 4.90 Å². The normalized spacial score (nSPS) is 18.3. The van der Waals surface area contributed by atoms with E-state index in [-0.39, 0.29) is 12.5 Å². The fraction of sp³-hybridized carbons (Fsp3) is 0.588. The number of nitrogens with zero attached hydrogens (tertiary/aromatic N) is 1. The van der Waals surface area contributed by atoms with Crippen molar-refractivity contribution in [2.75, 3.05) is 31.6 Å². The maximum atomic E-state index is 12.5. The highest BCUT2D eigenvalue weighted by molar-refractivity contribution is 5.95. The molecule has 1 atom stereocenters. The van der Waals surface area contributed by atoms with Crippen LogP contribution >= 0.6 is 0 Å². The van der Waals surface area contributed by atoms with Gasteiger partial charge in [0.05, 0.1) is 6.10 Å². The van der Waals surface area contributed by atoms with Crippen molar-refractivity contribution in [1.29, 1.82) is 0 Å². The summed E-state index contributed by atoms with van der Waals surface area (Å²) in [6.07, 6.45) is 4.06. The Morgan fingerprint density at radius 1 is 1.32 bits per heavy atom. The van der Waals surface area contributed by atoms with Crippen LogP contribution in [0.5, 0.6) is 0 Å². The average molecular weight is 306 g/mol. The van der Waals surface area contributed by atoms with Gasteiger partial charge in [0.2, 0.25) is 0 Å². The van der Waals surface area contributed by atoms with Gasteiger partial charge in [0.1, 0.15) is 0 Å². The number of β-amino-alcohol motifs (C(OH)–C–C–N with tert-alkyl or cyclic N) is 1. The molecule has 1 aliphatic heterocycles. The zero-order chi connectivity index (χ0) is 15.8. The number of nitrogens with one attached hydrogen (secondary N) is 1. The van der Waals surface area contributed by atoms with E-state index >= 15 is 0 Å². The lowest BCUT2D eigenvalue weighted by molar-refractivity contribution is 0.0474. The van der Waals surface area contributed by atoms with E-state index in [2.05, 4.69) is 5.32 Å². The molecule has 1 aromatic carbocycles. The topological polar surface area (TPSA) is 72.8 Å². The fourth-order valence-electron chi connectivity index (χ4n) is 2.73. The number of aliphatic hydroxyl groups is 2. The number of carbonyl (C=O) groups excluding carboxylic acids is 1. The number of hydrogen-bond donors (Lipinski definition) is 3. The van der Waals surface area contributed by atoms with Crippen molar-refractivity contribution < 1.29 is 15.0 Å². The van der Waals surface area contributed by atoms with Gasteiger partial charge in [-0.05, 0) is 50.3 Å². The number of hydrogen-bond acceptors (Lipinski definition) is 4. The van der Waals surface area contributed by atoms with E-state index in [1.54, 1.807) is 4.90 Å². The molecule has 1 saturated heterocycles. The zero-order valence-electron chi connectivity index (χ0n) is 13.0. The monoisotopic (exact) mass is 306 g/mol. The quantitative estimate of drug-likeness (QED) is 0.672. The van der Waals surface area contributed by atoms with E-state index in [9.17, 15) is 9.90 Å². The molecule has 0 saturated carbocycles. The maximum absolute atomic E-state index is 12.5. The SMILES string of the molecule is O=C(c1cccc(NCCCCCO)c1)N1CCCC(O)C1. The molecule has 0 spiro atoms. The molecule has 5 nitrogen and oxygen atoms in total. The summed E-state index contributed by atoms with van der Waals surface area (Å²) < 4.78 is 0. The first-order valence-electron chi connectivity index (χ1n) is 8.13. The van der Waals surface area contributed by atoms with Gasteiger partial charge in [-0.1, -0.05) is 6.07 Å². The largest absolute Gasteiger partial charge is 0.396 e. The van der Waals surface area contributed by atoms with Gasteiger partial charge in [0.25, 0.3) is 5.91 Å². The molecule has 1 aromatic rings. The van der Waals surface area contributed by atoms with Crippen molar-refractivity contribution in [3.8, 4) is 0 Å². The molecule has 0 aromatic heterocycles. The Kier molecular flexibility index (Phi) is 6.68. The molecule has 0 radical (unpaired) electrons. The Labute approximate surface area is 131 Å². The van der Waals surface area contributed by atoms with E-state index in [1.807, 2.05) is 24.3 Å². The first-order chi connectivity index (χ1) is 10.7. The van der Waals surface area contributed by atoms with Crippen LogP contribution in [0.3, 0.4) is 0 Å². The van der Waals surface area contributed by atoms with E-state index in [4.69, 9.17) is 5.11 Å². The van der Waals surface area contributed by atoms with Gasteiger partial charge in [-0.3, -0.25) is 4.79 Å². The number of benzene rings is 1. The van der Waals surface area contributed by atoms with Gasteiger partial charge in [-0.2, -0.15) is 0 Å². The molecular formula is C17H26N2O3. The Hall–Kier alpha value is -1.59. The van der Waals surface area contributed by atoms with Crippen molar-refractivity contribution in [2.24, 2.45) is 0 Å². The van der Waals surface area contributed by atoms with Crippen molar-refractivity contribution >= 4 is 11.6 Å². The predicted octanol–water partition coefficient (Wildman–Crippen LogP) is 1.86. The lowest BCUT2D eigenvalue weighted by Gasteiger charge is -2.30. The van der Waals surface area contributed by atoms with Crippen LogP contribution < -0.4 is 5.32 Å². The molecule has 122 valence electrons. The van der Waals surface area contributed by atoms with Crippen LogP contribution in [0, 0.1) is 0 Å². The summed E-state index contributed by atoms with van der Waals surface area (Å²) in [6, 6.07) is 7.52. The number of carbonyl (C=O) groups is 1.